The van der Waals surface area contributed by atoms with Crippen LogP contribution in [0.5, 0.6) is 0 Å². The van der Waals surface area contributed by atoms with Crippen LogP contribution in [0.1, 0.15) is 31.4 Å². The molecule has 2 heterocycles. The van der Waals surface area contributed by atoms with Gasteiger partial charge in [-0.2, -0.15) is 0 Å². The molecule has 1 fully saturated rings. The zero-order valence-corrected chi connectivity index (χ0v) is 14.8. The van der Waals surface area contributed by atoms with Gasteiger partial charge in [0, 0.05) is 30.1 Å². The molecule has 1 saturated heterocycles. The Bertz CT molecular complexity index is 712. The quantitative estimate of drug-likeness (QED) is 0.920. The number of piperidine rings is 1. The van der Waals surface area contributed by atoms with E-state index in [0.29, 0.717) is 17.5 Å². The zero-order chi connectivity index (χ0) is 17.1. The number of halogens is 1. The molecule has 1 N–H and O–H groups in total. The normalized spacial score (nSPS) is 18.5. The average Bonchev–Trinajstić information content (AvgIpc) is 2.88. The molecule has 1 aliphatic rings. The van der Waals surface area contributed by atoms with Crippen LogP contribution in [0.4, 0.5) is 0 Å². The number of rotatable bonds is 4. The molecule has 5 nitrogen and oxygen atoms in total. The standard InChI is InChI=1S/C18H22ClN3O2/c1-12-18(14-5-7-15(19)8-6-14)24-17(20-12)11-22-9-3-4-16(10-22)21-13(2)23/h5-8,16H,3-4,9-11H2,1-2H3,(H,21,23). The maximum absolute atomic E-state index is 11.2. The van der Waals surface area contributed by atoms with Gasteiger partial charge in [-0.1, -0.05) is 11.6 Å². The summed E-state index contributed by atoms with van der Waals surface area (Å²) in [6, 6.07) is 7.78. The van der Waals surface area contributed by atoms with Gasteiger partial charge in [-0.3, -0.25) is 9.69 Å². The number of carbonyl (C=O) groups is 1. The molecule has 6 heteroatoms. The summed E-state index contributed by atoms with van der Waals surface area (Å²) >= 11 is 5.94. The lowest BCUT2D eigenvalue weighted by Gasteiger charge is -2.32. The minimum Gasteiger partial charge on any atom is -0.439 e. The van der Waals surface area contributed by atoms with Crippen LogP contribution < -0.4 is 5.32 Å². The summed E-state index contributed by atoms with van der Waals surface area (Å²) in [5.41, 5.74) is 1.85. The topological polar surface area (TPSA) is 58.4 Å². The van der Waals surface area contributed by atoms with Crippen molar-refractivity contribution < 1.29 is 9.21 Å². The summed E-state index contributed by atoms with van der Waals surface area (Å²) in [5, 5.41) is 3.70. The summed E-state index contributed by atoms with van der Waals surface area (Å²) in [6.45, 7) is 6.00. The summed E-state index contributed by atoms with van der Waals surface area (Å²) in [6.07, 6.45) is 2.09. The number of carbonyl (C=O) groups excluding carboxylic acids is 1. The van der Waals surface area contributed by atoms with Gasteiger partial charge in [-0.25, -0.2) is 4.98 Å². The first kappa shape index (κ1) is 17.0. The molecule has 0 saturated carbocycles. The number of aromatic nitrogens is 1. The van der Waals surface area contributed by atoms with Gasteiger partial charge in [0.2, 0.25) is 11.8 Å². The lowest BCUT2D eigenvalue weighted by Crippen LogP contribution is -2.46. The minimum absolute atomic E-state index is 0.0267. The third-order valence-electron chi connectivity index (χ3n) is 4.22. The number of nitrogens with zero attached hydrogens (tertiary/aromatic N) is 2. The summed E-state index contributed by atoms with van der Waals surface area (Å²) in [5.74, 6) is 1.52. The predicted octanol–water partition coefficient (Wildman–Crippen LogP) is 3.40. The molecule has 24 heavy (non-hydrogen) atoms. The SMILES string of the molecule is CC(=O)NC1CCCN(Cc2nc(C)c(-c3ccc(Cl)cc3)o2)C1. The number of benzene rings is 1. The van der Waals surface area contributed by atoms with Crippen molar-refractivity contribution in [2.24, 2.45) is 0 Å². The molecule has 1 atom stereocenters. The van der Waals surface area contributed by atoms with Crippen LogP contribution in [-0.4, -0.2) is 34.9 Å². The molecule has 0 aliphatic carbocycles. The number of oxazole rings is 1. The Morgan fingerprint density at radius 3 is 2.88 bits per heavy atom. The number of hydrogen-bond donors (Lipinski definition) is 1. The Balaban J connectivity index is 1.68. The van der Waals surface area contributed by atoms with E-state index in [1.807, 2.05) is 31.2 Å². The second-order valence-corrected chi connectivity index (χ2v) is 6.74. The van der Waals surface area contributed by atoms with E-state index < -0.39 is 0 Å². The number of hydrogen-bond acceptors (Lipinski definition) is 4. The third-order valence-corrected chi connectivity index (χ3v) is 4.47. The van der Waals surface area contributed by atoms with Gasteiger partial charge in [-0.05, 0) is 50.6 Å². The smallest absolute Gasteiger partial charge is 0.217 e. The highest BCUT2D eigenvalue weighted by molar-refractivity contribution is 6.30. The molecule has 0 bridgehead atoms. The molecular weight excluding hydrogens is 326 g/mol. The fourth-order valence-corrected chi connectivity index (χ4v) is 3.31. The minimum atomic E-state index is 0.0267. The fourth-order valence-electron chi connectivity index (χ4n) is 3.18. The fraction of sp³-hybridized carbons (Fsp3) is 0.444. The molecule has 0 spiro atoms. The molecule has 128 valence electrons. The highest BCUT2D eigenvalue weighted by Crippen LogP contribution is 2.26. The van der Waals surface area contributed by atoms with Gasteiger partial charge in [0.1, 0.15) is 0 Å². The Kier molecular flexibility index (Phi) is 5.21. The van der Waals surface area contributed by atoms with Crippen LogP contribution in [0.2, 0.25) is 5.02 Å². The van der Waals surface area contributed by atoms with Crippen LogP contribution in [0, 0.1) is 6.92 Å². The van der Waals surface area contributed by atoms with Crippen LogP contribution in [0.15, 0.2) is 28.7 Å². The van der Waals surface area contributed by atoms with E-state index in [1.54, 1.807) is 6.92 Å². The highest BCUT2D eigenvalue weighted by Gasteiger charge is 2.22. The highest BCUT2D eigenvalue weighted by atomic mass is 35.5. The van der Waals surface area contributed by atoms with Gasteiger partial charge in [-0.15, -0.1) is 0 Å². The van der Waals surface area contributed by atoms with Gasteiger partial charge in [0.15, 0.2) is 5.76 Å². The van der Waals surface area contributed by atoms with Gasteiger partial charge < -0.3 is 9.73 Å². The van der Waals surface area contributed by atoms with Crippen molar-refractivity contribution in [1.29, 1.82) is 0 Å². The third kappa shape index (κ3) is 4.16. The van der Waals surface area contributed by atoms with Crippen molar-refractivity contribution in [3.05, 3.63) is 40.9 Å². The second kappa shape index (κ2) is 7.36. The average molecular weight is 348 g/mol. The first-order chi connectivity index (χ1) is 11.5. The lowest BCUT2D eigenvalue weighted by molar-refractivity contribution is -0.120. The van der Waals surface area contributed by atoms with E-state index in [4.69, 9.17) is 16.0 Å². The maximum Gasteiger partial charge on any atom is 0.217 e. The van der Waals surface area contributed by atoms with Crippen molar-refractivity contribution in [3.8, 4) is 11.3 Å². The number of nitrogens with one attached hydrogen (secondary N) is 1. The van der Waals surface area contributed by atoms with Crippen molar-refractivity contribution in [1.82, 2.24) is 15.2 Å². The molecule has 1 aromatic carbocycles. The predicted molar refractivity (Wildman–Crippen MR) is 93.8 cm³/mol. The van der Waals surface area contributed by atoms with Crippen molar-refractivity contribution in [2.75, 3.05) is 13.1 Å². The van der Waals surface area contributed by atoms with E-state index >= 15 is 0 Å². The van der Waals surface area contributed by atoms with E-state index in [1.165, 1.54) is 0 Å². The van der Waals surface area contributed by atoms with E-state index in [0.717, 1.165) is 42.9 Å². The molecule has 1 unspecified atom stereocenters. The van der Waals surface area contributed by atoms with E-state index in [9.17, 15) is 4.79 Å². The van der Waals surface area contributed by atoms with Gasteiger partial charge >= 0.3 is 0 Å². The molecule has 1 aliphatic heterocycles. The lowest BCUT2D eigenvalue weighted by atomic mass is 10.1. The van der Waals surface area contributed by atoms with Gasteiger partial charge in [0.25, 0.3) is 0 Å². The monoisotopic (exact) mass is 347 g/mol. The molecular formula is C18H22ClN3O2. The van der Waals surface area contributed by atoms with E-state index in [2.05, 4.69) is 15.2 Å². The molecule has 0 radical (unpaired) electrons. The Morgan fingerprint density at radius 2 is 2.17 bits per heavy atom. The Hall–Kier alpha value is -1.85. The van der Waals surface area contributed by atoms with Crippen LogP contribution >= 0.6 is 11.6 Å². The number of amides is 1. The molecule has 2 aromatic rings. The van der Waals surface area contributed by atoms with E-state index in [-0.39, 0.29) is 11.9 Å². The second-order valence-electron chi connectivity index (χ2n) is 6.30. The first-order valence-corrected chi connectivity index (χ1v) is 8.61. The summed E-state index contributed by atoms with van der Waals surface area (Å²) in [7, 11) is 0. The number of likely N-dealkylation sites (tertiary alicyclic amines) is 1. The molecule has 3 rings (SSSR count). The summed E-state index contributed by atoms with van der Waals surface area (Å²) in [4.78, 5) is 18.1. The van der Waals surface area contributed by atoms with Crippen molar-refractivity contribution in [3.63, 3.8) is 0 Å². The van der Waals surface area contributed by atoms with Crippen LogP contribution in [0.3, 0.4) is 0 Å². The number of aryl methyl sites for hydroxylation is 1. The maximum atomic E-state index is 11.2. The largest absolute Gasteiger partial charge is 0.439 e. The first-order valence-electron chi connectivity index (χ1n) is 8.23. The molecule has 1 aromatic heterocycles. The molecule has 1 amide bonds. The van der Waals surface area contributed by atoms with Gasteiger partial charge in [0.05, 0.1) is 12.2 Å². The Morgan fingerprint density at radius 1 is 1.42 bits per heavy atom. The van der Waals surface area contributed by atoms with Crippen molar-refractivity contribution in [2.45, 2.75) is 39.3 Å². The van der Waals surface area contributed by atoms with Crippen LogP contribution in [0.25, 0.3) is 11.3 Å². The zero-order valence-electron chi connectivity index (χ0n) is 14.0. The van der Waals surface area contributed by atoms with Crippen LogP contribution in [-0.2, 0) is 11.3 Å². The van der Waals surface area contributed by atoms with Crippen molar-refractivity contribution >= 4 is 17.5 Å². The summed E-state index contributed by atoms with van der Waals surface area (Å²) < 4.78 is 5.98. The Labute approximate surface area is 147 Å².